The number of fused-ring (bicyclic) bond motifs is 7. The van der Waals surface area contributed by atoms with E-state index in [0.717, 1.165) is 16.6 Å². The van der Waals surface area contributed by atoms with Gasteiger partial charge in [0.25, 0.3) is 5.56 Å². The van der Waals surface area contributed by atoms with Crippen molar-refractivity contribution in [3.8, 4) is 5.75 Å². The lowest BCUT2D eigenvalue weighted by Crippen LogP contribution is -2.58. The number of hydrogen-bond donors (Lipinski definition) is 0. The fourth-order valence-corrected chi connectivity index (χ4v) is 5.82. The number of benzene rings is 2. The summed E-state index contributed by atoms with van der Waals surface area (Å²) < 4.78 is 8.34. The molecule has 2 aliphatic rings. The van der Waals surface area contributed by atoms with E-state index in [0.29, 0.717) is 20.8 Å². The van der Waals surface area contributed by atoms with Gasteiger partial charge in [-0.05, 0) is 38.1 Å². The van der Waals surface area contributed by atoms with Gasteiger partial charge in [0.05, 0.1) is 33.5 Å². The second-order valence-electron chi connectivity index (χ2n) is 8.19. The number of para-hydroxylation sites is 3. The molecule has 158 valence electrons. The van der Waals surface area contributed by atoms with E-state index in [1.54, 1.807) is 16.8 Å². The highest BCUT2D eigenvalue weighted by atomic mass is 32.1. The van der Waals surface area contributed by atoms with Crippen LogP contribution in [0.2, 0.25) is 0 Å². The summed E-state index contributed by atoms with van der Waals surface area (Å²) in [6.07, 6.45) is 3.38. The molecule has 2 aromatic carbocycles. The summed E-state index contributed by atoms with van der Waals surface area (Å²) in [5.41, 5.74) is 1.70. The fraction of sp³-hybridized carbons (Fsp3) is 0.208. The third-order valence-corrected chi connectivity index (χ3v) is 7.05. The number of Topliss-reactive ketones (excluding diaryl/α,β-unsaturated/α-hetero) is 1. The molecule has 0 aliphatic carbocycles. The van der Waals surface area contributed by atoms with E-state index in [9.17, 15) is 9.59 Å². The van der Waals surface area contributed by atoms with E-state index < -0.39 is 17.7 Å². The van der Waals surface area contributed by atoms with Crippen LogP contribution in [-0.4, -0.2) is 26.0 Å². The highest BCUT2D eigenvalue weighted by Gasteiger charge is 2.53. The Hall–Kier alpha value is -3.65. The van der Waals surface area contributed by atoms with E-state index in [4.69, 9.17) is 9.73 Å². The van der Waals surface area contributed by atoms with Gasteiger partial charge in [0.15, 0.2) is 4.80 Å². The Kier molecular flexibility index (Phi) is 3.98. The maximum absolute atomic E-state index is 13.5. The van der Waals surface area contributed by atoms with Crippen molar-refractivity contribution in [2.45, 2.75) is 25.6 Å². The normalized spacial score (nSPS) is 23.8. The van der Waals surface area contributed by atoms with Crippen LogP contribution in [0.3, 0.4) is 0 Å². The van der Waals surface area contributed by atoms with Crippen molar-refractivity contribution in [3.63, 3.8) is 0 Å². The smallest absolute Gasteiger partial charge is 0.270 e. The number of ketones is 1. The van der Waals surface area contributed by atoms with Gasteiger partial charge >= 0.3 is 0 Å². The first-order valence-corrected chi connectivity index (χ1v) is 11.1. The third-order valence-electron chi connectivity index (χ3n) is 6.06. The molecule has 2 aliphatic heterocycles. The van der Waals surface area contributed by atoms with Gasteiger partial charge in [0, 0.05) is 5.56 Å². The summed E-state index contributed by atoms with van der Waals surface area (Å²) in [6, 6.07) is 14.7. The van der Waals surface area contributed by atoms with E-state index in [-0.39, 0.29) is 11.3 Å². The molecule has 0 radical (unpaired) electrons. The summed E-state index contributed by atoms with van der Waals surface area (Å²) in [4.78, 5) is 40.6. The summed E-state index contributed by atoms with van der Waals surface area (Å²) in [5, 5.41) is 0. The van der Waals surface area contributed by atoms with Gasteiger partial charge in [-0.3, -0.25) is 19.1 Å². The largest absolute Gasteiger partial charge is 0.465 e. The minimum atomic E-state index is -1.07. The molecule has 0 fully saturated rings. The van der Waals surface area contributed by atoms with Gasteiger partial charge in [0.2, 0.25) is 5.72 Å². The number of thiazole rings is 1. The lowest BCUT2D eigenvalue weighted by molar-refractivity contribution is -0.132. The second kappa shape index (κ2) is 6.67. The number of ether oxygens (including phenoxy) is 1. The molecule has 32 heavy (non-hydrogen) atoms. The summed E-state index contributed by atoms with van der Waals surface area (Å²) in [5.74, 6) is -0.00753. The van der Waals surface area contributed by atoms with Gasteiger partial charge in [-0.15, -0.1) is 0 Å². The molecule has 0 N–H and O–H groups in total. The molecule has 0 saturated heterocycles. The minimum Gasteiger partial charge on any atom is -0.465 e. The number of aromatic nitrogens is 3. The van der Waals surface area contributed by atoms with Crippen molar-refractivity contribution in [1.82, 2.24) is 14.5 Å². The molecular weight excluding hydrogens is 424 g/mol. The van der Waals surface area contributed by atoms with Gasteiger partial charge in [-0.1, -0.05) is 41.7 Å². The third kappa shape index (κ3) is 2.69. The molecule has 4 heterocycles. The summed E-state index contributed by atoms with van der Waals surface area (Å²) >= 11 is 1.28. The average Bonchev–Trinajstić information content (AvgIpc) is 3.06. The van der Waals surface area contributed by atoms with Crippen molar-refractivity contribution < 1.29 is 9.53 Å². The monoisotopic (exact) mass is 442 g/mol. The van der Waals surface area contributed by atoms with Crippen molar-refractivity contribution in [2.24, 2.45) is 10.9 Å². The Morgan fingerprint density at radius 1 is 1.16 bits per heavy atom. The van der Waals surface area contributed by atoms with E-state index in [2.05, 4.69) is 9.97 Å². The quantitative estimate of drug-likeness (QED) is 0.475. The number of rotatable bonds is 2. The lowest BCUT2D eigenvalue weighted by Gasteiger charge is -2.45. The highest BCUT2D eigenvalue weighted by molar-refractivity contribution is 7.07. The van der Waals surface area contributed by atoms with Crippen LogP contribution in [0, 0.1) is 5.92 Å². The Labute approximate surface area is 186 Å². The zero-order chi connectivity index (χ0) is 22.0. The van der Waals surface area contributed by atoms with Crippen LogP contribution in [0.25, 0.3) is 17.1 Å². The predicted molar refractivity (Wildman–Crippen MR) is 120 cm³/mol. The molecular formula is C24H18N4O3S. The first-order chi connectivity index (χ1) is 15.4. The van der Waals surface area contributed by atoms with Crippen molar-refractivity contribution >= 4 is 34.2 Å². The zero-order valence-corrected chi connectivity index (χ0v) is 18.2. The first kappa shape index (κ1) is 19.1. The number of carbonyl (C=O) groups excluding carboxylic acids is 1. The Morgan fingerprint density at radius 2 is 1.91 bits per heavy atom. The van der Waals surface area contributed by atoms with Crippen LogP contribution >= 0.6 is 11.3 Å². The number of hydrogen-bond acceptors (Lipinski definition) is 7. The van der Waals surface area contributed by atoms with E-state index in [1.165, 1.54) is 18.3 Å². The molecule has 8 heteroatoms. The van der Waals surface area contributed by atoms with Gasteiger partial charge < -0.3 is 4.74 Å². The Balaban J connectivity index is 1.60. The van der Waals surface area contributed by atoms with Gasteiger partial charge in [0.1, 0.15) is 17.5 Å². The highest BCUT2D eigenvalue weighted by Crippen LogP contribution is 2.47. The van der Waals surface area contributed by atoms with Crippen LogP contribution in [0.1, 0.15) is 31.1 Å². The van der Waals surface area contributed by atoms with E-state index >= 15 is 0 Å². The zero-order valence-electron chi connectivity index (χ0n) is 17.4. The molecule has 2 bridgehead atoms. The lowest BCUT2D eigenvalue weighted by atomic mass is 9.79. The van der Waals surface area contributed by atoms with Crippen molar-refractivity contribution in [1.29, 1.82) is 0 Å². The molecule has 3 unspecified atom stereocenters. The Bertz CT molecular complexity index is 1610. The van der Waals surface area contributed by atoms with Crippen LogP contribution in [0.4, 0.5) is 0 Å². The van der Waals surface area contributed by atoms with Crippen LogP contribution in [0.15, 0.2) is 64.5 Å². The summed E-state index contributed by atoms with van der Waals surface area (Å²) in [7, 11) is 0. The molecule has 6 rings (SSSR count). The van der Waals surface area contributed by atoms with Crippen LogP contribution < -0.4 is 19.6 Å². The van der Waals surface area contributed by atoms with Crippen molar-refractivity contribution in [2.75, 3.05) is 0 Å². The number of nitrogens with zero attached hydrogens (tertiary/aromatic N) is 4. The second-order valence-corrected chi connectivity index (χ2v) is 9.20. The molecule has 0 spiro atoms. The van der Waals surface area contributed by atoms with Gasteiger partial charge in [-0.2, -0.15) is 0 Å². The first-order valence-electron chi connectivity index (χ1n) is 10.3. The molecule has 2 aromatic heterocycles. The summed E-state index contributed by atoms with van der Waals surface area (Å²) in [6.45, 7) is 3.34. The number of carbonyl (C=O) groups is 1. The molecule has 0 saturated carbocycles. The minimum absolute atomic E-state index is 0.0644. The fourth-order valence-electron chi connectivity index (χ4n) is 4.73. The maximum Gasteiger partial charge on any atom is 0.270 e. The van der Waals surface area contributed by atoms with E-state index in [1.807, 2.05) is 55.5 Å². The van der Waals surface area contributed by atoms with Crippen LogP contribution in [0.5, 0.6) is 5.75 Å². The van der Waals surface area contributed by atoms with Gasteiger partial charge in [-0.25, -0.2) is 9.98 Å². The van der Waals surface area contributed by atoms with Crippen LogP contribution in [-0.2, 0) is 4.79 Å². The molecule has 3 atom stereocenters. The SMILES string of the molecule is CC(=O)C1C2c3ccccc3OC1(C)N=c1sc(=Cc3cnc4ccccc4n3)c(=O)n12. The predicted octanol–water partition coefficient (Wildman–Crippen LogP) is 2.22. The average molecular weight is 443 g/mol. The molecule has 4 aromatic rings. The molecule has 0 amide bonds. The van der Waals surface area contributed by atoms with Crippen molar-refractivity contribution in [3.05, 3.63) is 85.7 Å². The topological polar surface area (TPSA) is 86.4 Å². The maximum atomic E-state index is 13.5. The standard InChI is InChI=1S/C24H18N4O3S/c1-13(29)20-21-15-7-3-6-10-18(15)31-24(20,2)27-23-28(21)22(30)19(32-23)11-14-12-25-16-8-4-5-9-17(16)26-14/h3-12,20-21H,1-2H3. The molecule has 7 nitrogen and oxygen atoms in total. The Morgan fingerprint density at radius 3 is 2.72 bits per heavy atom.